The van der Waals surface area contributed by atoms with Gasteiger partial charge in [0, 0.05) is 13.0 Å². The van der Waals surface area contributed by atoms with E-state index >= 15 is 0 Å². The largest absolute Gasteiger partial charge is 0.494 e. The molecule has 4 N–H and O–H groups in total. The van der Waals surface area contributed by atoms with E-state index in [9.17, 15) is 0 Å². The van der Waals surface area contributed by atoms with E-state index < -0.39 is 0 Å². The van der Waals surface area contributed by atoms with Crippen molar-refractivity contribution in [3.8, 4) is 5.75 Å². The SMILES string of the molecule is CC(C)(C)c1cccc(OCCCN=C(N)N)c1. The van der Waals surface area contributed by atoms with Gasteiger partial charge in [-0.3, -0.25) is 4.99 Å². The van der Waals surface area contributed by atoms with Gasteiger partial charge in [-0.25, -0.2) is 0 Å². The van der Waals surface area contributed by atoms with Crippen molar-refractivity contribution in [3.63, 3.8) is 0 Å². The molecular weight excluding hydrogens is 226 g/mol. The molecule has 0 fully saturated rings. The lowest BCUT2D eigenvalue weighted by atomic mass is 9.87. The minimum Gasteiger partial charge on any atom is -0.494 e. The summed E-state index contributed by atoms with van der Waals surface area (Å²) in [5, 5.41) is 0. The van der Waals surface area contributed by atoms with E-state index in [4.69, 9.17) is 16.2 Å². The summed E-state index contributed by atoms with van der Waals surface area (Å²) >= 11 is 0. The van der Waals surface area contributed by atoms with Crippen LogP contribution >= 0.6 is 0 Å². The summed E-state index contributed by atoms with van der Waals surface area (Å²) in [6.45, 7) is 7.77. The Morgan fingerprint density at radius 2 is 2.00 bits per heavy atom. The normalized spacial score (nSPS) is 11.1. The highest BCUT2D eigenvalue weighted by Gasteiger charge is 2.13. The van der Waals surface area contributed by atoms with Crippen molar-refractivity contribution in [2.24, 2.45) is 16.5 Å². The highest BCUT2D eigenvalue weighted by molar-refractivity contribution is 5.75. The Morgan fingerprint density at radius 3 is 2.61 bits per heavy atom. The minimum atomic E-state index is 0.129. The second-order valence-electron chi connectivity index (χ2n) is 5.29. The number of hydrogen-bond donors (Lipinski definition) is 2. The van der Waals surface area contributed by atoms with E-state index in [0.717, 1.165) is 12.2 Å². The number of guanidine groups is 1. The smallest absolute Gasteiger partial charge is 0.185 e. The predicted molar refractivity (Wildman–Crippen MR) is 75.9 cm³/mol. The molecule has 0 unspecified atom stereocenters. The molecule has 1 rings (SSSR count). The lowest BCUT2D eigenvalue weighted by Gasteiger charge is -2.19. The van der Waals surface area contributed by atoms with Gasteiger partial charge in [-0.2, -0.15) is 0 Å². The molecule has 1 aromatic rings. The molecule has 0 spiro atoms. The zero-order valence-corrected chi connectivity index (χ0v) is 11.4. The van der Waals surface area contributed by atoms with Gasteiger partial charge >= 0.3 is 0 Å². The van der Waals surface area contributed by atoms with Crippen molar-refractivity contribution < 1.29 is 4.74 Å². The maximum atomic E-state index is 5.67. The van der Waals surface area contributed by atoms with E-state index in [0.29, 0.717) is 13.2 Å². The van der Waals surface area contributed by atoms with Gasteiger partial charge in [0.2, 0.25) is 0 Å². The number of nitrogens with two attached hydrogens (primary N) is 2. The Morgan fingerprint density at radius 1 is 1.28 bits per heavy atom. The van der Waals surface area contributed by atoms with E-state index in [1.165, 1.54) is 5.56 Å². The lowest BCUT2D eigenvalue weighted by Crippen LogP contribution is -2.23. The molecule has 4 nitrogen and oxygen atoms in total. The summed E-state index contributed by atoms with van der Waals surface area (Å²) in [5.74, 6) is 1.02. The van der Waals surface area contributed by atoms with Crippen LogP contribution in [0.15, 0.2) is 29.3 Å². The molecule has 0 aliphatic heterocycles. The van der Waals surface area contributed by atoms with Crippen molar-refractivity contribution in [1.29, 1.82) is 0 Å². The van der Waals surface area contributed by atoms with Crippen molar-refractivity contribution >= 4 is 5.96 Å². The first kappa shape index (κ1) is 14.4. The molecule has 1 aromatic carbocycles. The number of aliphatic imine (C=N–C) groups is 1. The van der Waals surface area contributed by atoms with Gasteiger partial charge in [0.05, 0.1) is 6.61 Å². The van der Waals surface area contributed by atoms with Gasteiger partial charge in [-0.15, -0.1) is 0 Å². The van der Waals surface area contributed by atoms with Crippen molar-refractivity contribution in [2.45, 2.75) is 32.6 Å². The topological polar surface area (TPSA) is 73.6 Å². The molecule has 0 aliphatic carbocycles. The Balaban J connectivity index is 2.46. The van der Waals surface area contributed by atoms with Gasteiger partial charge in [-0.1, -0.05) is 32.9 Å². The van der Waals surface area contributed by atoms with Gasteiger partial charge in [0.15, 0.2) is 5.96 Å². The van der Waals surface area contributed by atoms with Crippen LogP contribution in [-0.2, 0) is 5.41 Å². The zero-order valence-electron chi connectivity index (χ0n) is 11.4. The molecule has 0 radical (unpaired) electrons. The molecule has 0 atom stereocenters. The first-order valence-corrected chi connectivity index (χ1v) is 6.18. The fourth-order valence-electron chi connectivity index (χ4n) is 1.52. The molecule has 4 heteroatoms. The average Bonchev–Trinajstić information content (AvgIpc) is 2.27. The Labute approximate surface area is 109 Å². The molecule has 0 saturated heterocycles. The maximum absolute atomic E-state index is 5.67. The molecule has 0 aliphatic rings. The van der Waals surface area contributed by atoms with Crippen LogP contribution in [0.2, 0.25) is 0 Å². The molecule has 0 amide bonds. The summed E-state index contributed by atoms with van der Waals surface area (Å²) < 4.78 is 5.67. The Kier molecular flexibility index (Phi) is 5.01. The summed E-state index contributed by atoms with van der Waals surface area (Å²) in [7, 11) is 0. The third-order valence-electron chi connectivity index (χ3n) is 2.57. The minimum absolute atomic E-state index is 0.129. The molecule has 100 valence electrons. The number of rotatable bonds is 5. The van der Waals surface area contributed by atoms with Gasteiger partial charge in [0.1, 0.15) is 5.75 Å². The van der Waals surface area contributed by atoms with Gasteiger partial charge < -0.3 is 16.2 Å². The fourth-order valence-corrected chi connectivity index (χ4v) is 1.52. The molecular formula is C14H23N3O. The van der Waals surface area contributed by atoms with E-state index in [1.54, 1.807) is 0 Å². The fraction of sp³-hybridized carbons (Fsp3) is 0.500. The summed E-state index contributed by atoms with van der Waals surface area (Å²) in [6, 6.07) is 8.19. The maximum Gasteiger partial charge on any atom is 0.185 e. The van der Waals surface area contributed by atoms with E-state index in [1.807, 2.05) is 12.1 Å². The molecule has 0 saturated carbocycles. The van der Waals surface area contributed by atoms with Crippen LogP contribution in [-0.4, -0.2) is 19.1 Å². The first-order chi connectivity index (χ1) is 8.39. The van der Waals surface area contributed by atoms with Crippen LogP contribution in [0.5, 0.6) is 5.75 Å². The summed E-state index contributed by atoms with van der Waals surface area (Å²) in [5.41, 5.74) is 11.9. The first-order valence-electron chi connectivity index (χ1n) is 6.18. The van der Waals surface area contributed by atoms with E-state index in [-0.39, 0.29) is 11.4 Å². The second-order valence-corrected chi connectivity index (χ2v) is 5.29. The number of ether oxygens (including phenoxy) is 1. The number of nitrogens with zero attached hydrogens (tertiary/aromatic N) is 1. The zero-order chi connectivity index (χ0) is 13.6. The average molecular weight is 249 g/mol. The van der Waals surface area contributed by atoms with Crippen LogP contribution in [0.4, 0.5) is 0 Å². The third kappa shape index (κ3) is 5.08. The second kappa shape index (κ2) is 6.28. The lowest BCUT2D eigenvalue weighted by molar-refractivity contribution is 0.312. The Hall–Kier alpha value is -1.71. The van der Waals surface area contributed by atoms with Crippen LogP contribution in [0.3, 0.4) is 0 Å². The number of hydrogen-bond acceptors (Lipinski definition) is 2. The summed E-state index contributed by atoms with van der Waals surface area (Å²) in [4.78, 5) is 3.90. The molecule has 0 aromatic heterocycles. The molecule has 0 bridgehead atoms. The van der Waals surface area contributed by atoms with E-state index in [2.05, 4.69) is 37.9 Å². The monoisotopic (exact) mass is 249 g/mol. The van der Waals surface area contributed by atoms with Crippen LogP contribution in [0.25, 0.3) is 0 Å². The standard InChI is InChI=1S/C14H23N3O/c1-14(2,3)11-6-4-7-12(10-11)18-9-5-8-17-13(15)16/h4,6-7,10H,5,8-9H2,1-3H3,(H4,15,16,17). The quantitative estimate of drug-likeness (QED) is 0.476. The van der Waals surface area contributed by atoms with Crippen molar-refractivity contribution in [1.82, 2.24) is 0 Å². The van der Waals surface area contributed by atoms with Crippen LogP contribution < -0.4 is 16.2 Å². The molecule has 18 heavy (non-hydrogen) atoms. The van der Waals surface area contributed by atoms with Crippen molar-refractivity contribution in [3.05, 3.63) is 29.8 Å². The third-order valence-corrected chi connectivity index (χ3v) is 2.57. The van der Waals surface area contributed by atoms with Gasteiger partial charge in [0.25, 0.3) is 0 Å². The highest BCUT2D eigenvalue weighted by atomic mass is 16.5. The predicted octanol–water partition coefficient (Wildman–Crippen LogP) is 2.03. The van der Waals surface area contributed by atoms with Crippen LogP contribution in [0.1, 0.15) is 32.8 Å². The number of benzene rings is 1. The Bertz CT molecular complexity index is 404. The van der Waals surface area contributed by atoms with Crippen LogP contribution in [0, 0.1) is 0 Å². The molecule has 0 heterocycles. The highest BCUT2D eigenvalue weighted by Crippen LogP contribution is 2.25. The van der Waals surface area contributed by atoms with Gasteiger partial charge in [-0.05, 0) is 23.1 Å². The summed E-state index contributed by atoms with van der Waals surface area (Å²) in [6.07, 6.45) is 0.803. The van der Waals surface area contributed by atoms with Crippen molar-refractivity contribution in [2.75, 3.05) is 13.2 Å².